The number of esters is 1. The standard InChI is InChI=1S/C26H23NO3/c1-3-18-10-7-11-21-22(16-27-23(18)21)24(28)25(19-8-5-4-6-9-19)30-26(29)20-14-12-17(2)13-15-20/h4-16,25,27H,3H2,1-2H3/t25-/m1/s1. The highest BCUT2D eigenvalue weighted by molar-refractivity contribution is 6.11. The van der Waals surface area contributed by atoms with Crippen molar-refractivity contribution >= 4 is 22.7 Å². The predicted octanol–water partition coefficient (Wildman–Crippen LogP) is 5.82. The third-order valence-corrected chi connectivity index (χ3v) is 5.30. The lowest BCUT2D eigenvalue weighted by Crippen LogP contribution is -2.20. The Morgan fingerprint density at radius 2 is 1.67 bits per heavy atom. The lowest BCUT2D eigenvalue weighted by Gasteiger charge is -2.17. The fraction of sp³-hybridized carbons (Fsp3) is 0.154. The molecule has 0 aliphatic carbocycles. The van der Waals surface area contributed by atoms with Crippen LogP contribution in [0.1, 0.15) is 50.4 Å². The van der Waals surface area contributed by atoms with Crippen LogP contribution >= 0.6 is 0 Å². The largest absolute Gasteiger partial charge is 0.445 e. The van der Waals surface area contributed by atoms with Crippen LogP contribution in [0.5, 0.6) is 0 Å². The highest BCUT2D eigenvalue weighted by Crippen LogP contribution is 2.29. The van der Waals surface area contributed by atoms with E-state index in [1.165, 1.54) is 0 Å². The Bertz CT molecular complexity index is 1190. The maximum Gasteiger partial charge on any atom is 0.339 e. The number of ether oxygens (including phenoxy) is 1. The van der Waals surface area contributed by atoms with Crippen LogP contribution in [0.2, 0.25) is 0 Å². The van der Waals surface area contributed by atoms with Gasteiger partial charge in [-0.05, 0) is 31.0 Å². The second-order valence-electron chi connectivity index (χ2n) is 7.32. The van der Waals surface area contributed by atoms with Gasteiger partial charge in [0, 0.05) is 28.2 Å². The first-order valence-electron chi connectivity index (χ1n) is 10.0. The number of hydrogen-bond acceptors (Lipinski definition) is 3. The van der Waals surface area contributed by atoms with Crippen molar-refractivity contribution in [3.8, 4) is 0 Å². The Labute approximate surface area is 175 Å². The molecule has 1 atom stereocenters. The molecule has 0 unspecified atom stereocenters. The van der Waals surface area contributed by atoms with Crippen LogP contribution in [0.15, 0.2) is 79.0 Å². The molecular weight excluding hydrogens is 374 g/mol. The topological polar surface area (TPSA) is 59.2 Å². The molecule has 1 aromatic heterocycles. The van der Waals surface area contributed by atoms with Crippen molar-refractivity contribution < 1.29 is 14.3 Å². The van der Waals surface area contributed by atoms with Crippen LogP contribution < -0.4 is 0 Å². The molecule has 0 aliphatic heterocycles. The molecule has 0 saturated carbocycles. The normalized spacial score (nSPS) is 11.9. The van der Waals surface area contributed by atoms with Crippen LogP contribution in [0.3, 0.4) is 0 Å². The fourth-order valence-corrected chi connectivity index (χ4v) is 3.62. The summed E-state index contributed by atoms with van der Waals surface area (Å²) in [6, 6.07) is 22.2. The van der Waals surface area contributed by atoms with Crippen LogP contribution in [0.4, 0.5) is 0 Å². The van der Waals surface area contributed by atoms with E-state index in [2.05, 4.69) is 11.9 Å². The molecule has 0 fully saturated rings. The van der Waals surface area contributed by atoms with Crippen molar-refractivity contribution in [2.24, 2.45) is 0 Å². The van der Waals surface area contributed by atoms with Crippen molar-refractivity contribution in [2.45, 2.75) is 26.4 Å². The van der Waals surface area contributed by atoms with E-state index in [4.69, 9.17) is 4.74 Å². The number of nitrogens with one attached hydrogen (secondary N) is 1. The number of ketones is 1. The quantitative estimate of drug-likeness (QED) is 0.329. The average molecular weight is 397 g/mol. The Balaban J connectivity index is 1.72. The number of carbonyl (C=O) groups is 2. The number of aromatic nitrogens is 1. The molecule has 150 valence electrons. The molecule has 4 nitrogen and oxygen atoms in total. The summed E-state index contributed by atoms with van der Waals surface area (Å²) in [5.41, 5.74) is 4.71. The van der Waals surface area contributed by atoms with Crippen molar-refractivity contribution in [3.05, 3.63) is 107 Å². The summed E-state index contributed by atoms with van der Waals surface area (Å²) in [4.78, 5) is 29.6. The Kier molecular flexibility index (Phi) is 5.48. The summed E-state index contributed by atoms with van der Waals surface area (Å²) < 4.78 is 5.75. The van der Waals surface area contributed by atoms with E-state index in [1.54, 1.807) is 30.5 Å². The van der Waals surface area contributed by atoms with Gasteiger partial charge in [-0.1, -0.05) is 73.2 Å². The summed E-state index contributed by atoms with van der Waals surface area (Å²) in [5, 5.41) is 0.840. The van der Waals surface area contributed by atoms with E-state index in [1.807, 2.05) is 55.5 Å². The van der Waals surface area contributed by atoms with E-state index in [0.29, 0.717) is 16.7 Å². The van der Waals surface area contributed by atoms with Gasteiger partial charge in [0.05, 0.1) is 5.56 Å². The van der Waals surface area contributed by atoms with E-state index in [0.717, 1.165) is 28.5 Å². The van der Waals surface area contributed by atoms with Gasteiger partial charge in [-0.25, -0.2) is 4.79 Å². The number of aromatic amines is 1. The Hall–Kier alpha value is -3.66. The lowest BCUT2D eigenvalue weighted by molar-refractivity contribution is 0.0280. The van der Waals surface area contributed by atoms with Gasteiger partial charge in [0.15, 0.2) is 6.10 Å². The second kappa shape index (κ2) is 8.37. The lowest BCUT2D eigenvalue weighted by atomic mass is 9.98. The second-order valence-corrected chi connectivity index (χ2v) is 7.32. The van der Waals surface area contributed by atoms with Crippen LogP contribution in [0, 0.1) is 6.92 Å². The fourth-order valence-electron chi connectivity index (χ4n) is 3.62. The number of carbonyl (C=O) groups excluding carboxylic acids is 2. The van der Waals surface area contributed by atoms with Crippen LogP contribution in [-0.4, -0.2) is 16.7 Å². The van der Waals surface area contributed by atoms with Gasteiger partial charge in [0.2, 0.25) is 5.78 Å². The molecule has 0 saturated heterocycles. The highest BCUT2D eigenvalue weighted by atomic mass is 16.5. The molecule has 1 N–H and O–H groups in total. The molecule has 0 amide bonds. The number of Topliss-reactive ketones (excluding diaryl/α,β-unsaturated/α-hetero) is 1. The van der Waals surface area contributed by atoms with E-state index in [-0.39, 0.29) is 5.78 Å². The zero-order valence-electron chi connectivity index (χ0n) is 17.0. The van der Waals surface area contributed by atoms with Crippen molar-refractivity contribution in [1.29, 1.82) is 0 Å². The number of benzene rings is 3. The Morgan fingerprint density at radius 3 is 2.37 bits per heavy atom. The molecular formula is C26H23NO3. The van der Waals surface area contributed by atoms with Gasteiger partial charge in [-0.2, -0.15) is 0 Å². The Morgan fingerprint density at radius 1 is 0.933 bits per heavy atom. The van der Waals surface area contributed by atoms with Crippen LogP contribution in [-0.2, 0) is 11.2 Å². The first-order valence-corrected chi connectivity index (χ1v) is 10.0. The van der Waals surface area contributed by atoms with Crippen molar-refractivity contribution in [1.82, 2.24) is 4.98 Å². The number of rotatable bonds is 6. The van der Waals surface area contributed by atoms with Gasteiger partial charge in [0.25, 0.3) is 0 Å². The maximum atomic E-state index is 13.5. The summed E-state index contributed by atoms with van der Waals surface area (Å²) >= 11 is 0. The third kappa shape index (κ3) is 3.77. The predicted molar refractivity (Wildman–Crippen MR) is 118 cm³/mol. The summed E-state index contributed by atoms with van der Waals surface area (Å²) in [5.74, 6) is -0.771. The first kappa shape index (κ1) is 19.6. The number of aryl methyl sites for hydroxylation is 2. The molecule has 1 heterocycles. The van der Waals surface area contributed by atoms with Crippen LogP contribution in [0.25, 0.3) is 10.9 Å². The monoisotopic (exact) mass is 397 g/mol. The minimum Gasteiger partial charge on any atom is -0.445 e. The van der Waals surface area contributed by atoms with Gasteiger partial charge in [-0.15, -0.1) is 0 Å². The highest BCUT2D eigenvalue weighted by Gasteiger charge is 2.28. The van der Waals surface area contributed by atoms with Crippen molar-refractivity contribution in [2.75, 3.05) is 0 Å². The zero-order valence-corrected chi connectivity index (χ0v) is 17.0. The van der Waals surface area contributed by atoms with Crippen molar-refractivity contribution in [3.63, 3.8) is 0 Å². The first-order chi connectivity index (χ1) is 14.6. The molecule has 0 radical (unpaired) electrons. The average Bonchev–Trinajstić information content (AvgIpc) is 3.22. The summed E-state index contributed by atoms with van der Waals surface area (Å²) in [6.45, 7) is 4.03. The third-order valence-electron chi connectivity index (χ3n) is 5.30. The maximum absolute atomic E-state index is 13.5. The molecule has 4 aromatic rings. The summed E-state index contributed by atoms with van der Waals surface area (Å²) in [7, 11) is 0. The zero-order chi connectivity index (χ0) is 21.1. The van der Waals surface area contributed by atoms with E-state index >= 15 is 0 Å². The molecule has 3 aromatic carbocycles. The molecule has 0 spiro atoms. The summed E-state index contributed by atoms with van der Waals surface area (Å²) in [6.07, 6.45) is 1.54. The van der Waals surface area contributed by atoms with Gasteiger partial charge in [-0.3, -0.25) is 4.79 Å². The number of fused-ring (bicyclic) bond motifs is 1. The number of H-pyrrole nitrogens is 1. The molecule has 4 heteroatoms. The van der Waals surface area contributed by atoms with Gasteiger partial charge >= 0.3 is 5.97 Å². The van der Waals surface area contributed by atoms with Gasteiger partial charge < -0.3 is 9.72 Å². The SMILES string of the molecule is CCc1cccc2c(C(=O)[C@H](OC(=O)c3ccc(C)cc3)c3ccccc3)c[nH]c12. The molecule has 30 heavy (non-hydrogen) atoms. The number of hydrogen-bond donors (Lipinski definition) is 1. The minimum absolute atomic E-state index is 0.249. The smallest absolute Gasteiger partial charge is 0.339 e. The van der Waals surface area contributed by atoms with E-state index < -0.39 is 12.1 Å². The number of para-hydroxylation sites is 1. The molecule has 0 aliphatic rings. The molecule has 4 rings (SSSR count). The van der Waals surface area contributed by atoms with E-state index in [9.17, 15) is 9.59 Å². The minimum atomic E-state index is -1.02. The van der Waals surface area contributed by atoms with Gasteiger partial charge in [0.1, 0.15) is 0 Å². The molecule has 0 bridgehead atoms.